The highest BCUT2D eigenvalue weighted by molar-refractivity contribution is 6.06. The predicted octanol–water partition coefficient (Wildman–Crippen LogP) is 7.28. The molecule has 0 aliphatic carbocycles. The molecule has 1 aromatic heterocycles. The van der Waals surface area contributed by atoms with Crippen molar-refractivity contribution in [1.82, 2.24) is 0 Å². The standard InChI is InChI=1S/C30H29NO4/c1-17-10-11-24(18(2)12-17)27-16-35-30-20(4)29(34-6)25(15-26(27)30)19(3)13-28(33)31-23-9-7-8-22(14-23)21(5)32/h7-16H,1-6H3,(H,31,33)/b19-13+. The summed E-state index contributed by atoms with van der Waals surface area (Å²) in [4.78, 5) is 24.5. The van der Waals surface area contributed by atoms with Crippen molar-refractivity contribution in [2.45, 2.75) is 34.6 Å². The number of Topliss-reactive ketones (excluding diaryl/α,β-unsaturated/α-hetero) is 1. The molecule has 178 valence electrons. The van der Waals surface area contributed by atoms with Crippen LogP contribution in [0.4, 0.5) is 5.69 Å². The molecule has 0 spiro atoms. The Labute approximate surface area is 205 Å². The highest BCUT2D eigenvalue weighted by Gasteiger charge is 2.19. The van der Waals surface area contributed by atoms with Crippen molar-refractivity contribution < 1.29 is 18.7 Å². The van der Waals surface area contributed by atoms with E-state index >= 15 is 0 Å². The molecular weight excluding hydrogens is 438 g/mol. The van der Waals surface area contributed by atoms with Crippen LogP contribution in [-0.4, -0.2) is 18.8 Å². The Morgan fingerprint density at radius 3 is 2.43 bits per heavy atom. The van der Waals surface area contributed by atoms with Gasteiger partial charge in [0, 0.05) is 39.4 Å². The first kappa shape index (κ1) is 24.0. The number of ketones is 1. The van der Waals surface area contributed by atoms with E-state index in [9.17, 15) is 9.59 Å². The van der Waals surface area contributed by atoms with Gasteiger partial charge in [-0.15, -0.1) is 0 Å². The summed E-state index contributed by atoms with van der Waals surface area (Å²) in [5.74, 6) is 0.324. The van der Waals surface area contributed by atoms with Crippen LogP contribution in [0.5, 0.6) is 5.75 Å². The lowest BCUT2D eigenvalue weighted by molar-refractivity contribution is -0.111. The van der Waals surface area contributed by atoms with E-state index in [4.69, 9.17) is 9.15 Å². The number of nitrogens with one attached hydrogen (secondary N) is 1. The molecule has 0 radical (unpaired) electrons. The smallest absolute Gasteiger partial charge is 0.248 e. The quantitative estimate of drug-likeness (QED) is 0.239. The molecule has 5 nitrogen and oxygen atoms in total. The van der Waals surface area contributed by atoms with Crippen LogP contribution in [0, 0.1) is 20.8 Å². The van der Waals surface area contributed by atoms with E-state index in [1.54, 1.807) is 43.7 Å². The summed E-state index contributed by atoms with van der Waals surface area (Å²) in [6, 6.07) is 15.3. The molecule has 1 N–H and O–H groups in total. The molecule has 0 fully saturated rings. The Morgan fingerprint density at radius 2 is 1.74 bits per heavy atom. The zero-order valence-corrected chi connectivity index (χ0v) is 20.9. The molecule has 5 heteroatoms. The third-order valence-corrected chi connectivity index (χ3v) is 6.23. The summed E-state index contributed by atoms with van der Waals surface area (Å²) in [5, 5.41) is 3.81. The first-order chi connectivity index (χ1) is 16.7. The number of methoxy groups -OCH3 is 1. The van der Waals surface area contributed by atoms with Gasteiger partial charge in [0.05, 0.1) is 13.4 Å². The van der Waals surface area contributed by atoms with E-state index in [-0.39, 0.29) is 11.7 Å². The Hall–Kier alpha value is -4.12. The molecule has 0 aliphatic heterocycles. The van der Waals surface area contributed by atoms with Gasteiger partial charge in [-0.3, -0.25) is 9.59 Å². The fourth-order valence-corrected chi connectivity index (χ4v) is 4.46. The van der Waals surface area contributed by atoms with Gasteiger partial charge in [0.15, 0.2) is 5.78 Å². The Bertz CT molecular complexity index is 1490. The van der Waals surface area contributed by atoms with Crippen LogP contribution in [0.1, 0.15) is 46.5 Å². The van der Waals surface area contributed by atoms with Gasteiger partial charge in [0.2, 0.25) is 5.91 Å². The molecule has 35 heavy (non-hydrogen) atoms. The number of furan rings is 1. The fraction of sp³-hybridized carbons (Fsp3) is 0.200. The number of benzene rings is 3. The number of carbonyl (C=O) groups is 2. The van der Waals surface area contributed by atoms with E-state index in [2.05, 4.69) is 37.4 Å². The lowest BCUT2D eigenvalue weighted by atomic mass is 9.94. The molecule has 0 saturated heterocycles. The molecule has 0 saturated carbocycles. The van der Waals surface area contributed by atoms with Gasteiger partial charge in [0.25, 0.3) is 0 Å². The minimum Gasteiger partial charge on any atom is -0.496 e. The summed E-state index contributed by atoms with van der Waals surface area (Å²) in [7, 11) is 1.62. The van der Waals surface area contributed by atoms with Gasteiger partial charge in [-0.1, -0.05) is 35.9 Å². The topological polar surface area (TPSA) is 68.5 Å². The highest BCUT2D eigenvalue weighted by Crippen LogP contribution is 2.41. The number of hydrogen-bond acceptors (Lipinski definition) is 4. The molecule has 0 atom stereocenters. The van der Waals surface area contributed by atoms with E-state index < -0.39 is 0 Å². The summed E-state index contributed by atoms with van der Waals surface area (Å²) >= 11 is 0. The maximum atomic E-state index is 12.8. The Morgan fingerprint density at radius 1 is 0.971 bits per heavy atom. The number of allylic oxidation sites excluding steroid dienone is 1. The Kier molecular flexibility index (Phi) is 6.61. The van der Waals surface area contributed by atoms with Gasteiger partial charge in [-0.05, 0) is 69.5 Å². The van der Waals surface area contributed by atoms with E-state index in [1.165, 1.54) is 18.1 Å². The third-order valence-electron chi connectivity index (χ3n) is 6.23. The number of anilines is 1. The summed E-state index contributed by atoms with van der Waals surface area (Å²) in [5.41, 5.74) is 8.80. The molecule has 1 heterocycles. The molecule has 4 aromatic rings. The normalized spacial score (nSPS) is 11.5. The molecule has 0 aliphatic rings. The highest BCUT2D eigenvalue weighted by atomic mass is 16.5. The molecule has 0 unspecified atom stereocenters. The number of ether oxygens (including phenoxy) is 1. The van der Waals surface area contributed by atoms with E-state index in [0.717, 1.165) is 38.8 Å². The SMILES string of the molecule is COc1c(/C(C)=C/C(=O)Nc2cccc(C(C)=O)c2)cc2c(-c3ccc(C)cc3C)coc2c1C. The van der Waals surface area contributed by atoms with Gasteiger partial charge in [0.1, 0.15) is 11.3 Å². The van der Waals surface area contributed by atoms with Crippen LogP contribution in [-0.2, 0) is 4.79 Å². The van der Waals surface area contributed by atoms with Gasteiger partial charge >= 0.3 is 0 Å². The van der Waals surface area contributed by atoms with Crippen molar-refractivity contribution in [3.63, 3.8) is 0 Å². The first-order valence-electron chi connectivity index (χ1n) is 11.5. The lowest BCUT2D eigenvalue weighted by Gasteiger charge is -2.14. The van der Waals surface area contributed by atoms with Crippen molar-refractivity contribution in [2.75, 3.05) is 12.4 Å². The lowest BCUT2D eigenvalue weighted by Crippen LogP contribution is -2.09. The van der Waals surface area contributed by atoms with E-state index in [0.29, 0.717) is 17.0 Å². The van der Waals surface area contributed by atoms with Crippen LogP contribution in [0.3, 0.4) is 0 Å². The average Bonchev–Trinajstić information content (AvgIpc) is 3.23. The van der Waals surface area contributed by atoms with Gasteiger partial charge < -0.3 is 14.5 Å². The summed E-state index contributed by atoms with van der Waals surface area (Å²) in [6.07, 6.45) is 3.33. The second-order valence-electron chi connectivity index (χ2n) is 8.88. The fourth-order valence-electron chi connectivity index (χ4n) is 4.46. The first-order valence-corrected chi connectivity index (χ1v) is 11.5. The maximum absolute atomic E-state index is 12.8. The van der Waals surface area contributed by atoms with Crippen LogP contribution < -0.4 is 10.1 Å². The average molecular weight is 468 g/mol. The number of amides is 1. The van der Waals surface area contributed by atoms with Crippen LogP contribution in [0.25, 0.3) is 27.7 Å². The second-order valence-corrected chi connectivity index (χ2v) is 8.88. The third kappa shape index (κ3) is 4.76. The van der Waals surface area contributed by atoms with Crippen molar-refractivity contribution >= 4 is 33.9 Å². The number of rotatable bonds is 6. The minimum atomic E-state index is -0.287. The Balaban J connectivity index is 1.76. The minimum absolute atomic E-state index is 0.0546. The van der Waals surface area contributed by atoms with E-state index in [1.807, 2.05) is 19.9 Å². The maximum Gasteiger partial charge on any atom is 0.248 e. The van der Waals surface area contributed by atoms with Crippen LogP contribution in [0.15, 0.2) is 65.3 Å². The van der Waals surface area contributed by atoms with Gasteiger partial charge in [-0.25, -0.2) is 0 Å². The second kappa shape index (κ2) is 9.63. The zero-order valence-electron chi connectivity index (χ0n) is 20.9. The molecule has 3 aromatic carbocycles. The van der Waals surface area contributed by atoms with Crippen LogP contribution >= 0.6 is 0 Å². The monoisotopic (exact) mass is 467 g/mol. The van der Waals surface area contributed by atoms with Crippen molar-refractivity contribution in [3.8, 4) is 16.9 Å². The number of fused-ring (bicyclic) bond motifs is 1. The molecule has 0 bridgehead atoms. The molecule has 1 amide bonds. The van der Waals surface area contributed by atoms with Crippen molar-refractivity contribution in [1.29, 1.82) is 0 Å². The molecule has 4 rings (SSSR count). The molecular formula is C30H29NO4. The number of hydrogen-bond donors (Lipinski definition) is 1. The van der Waals surface area contributed by atoms with Crippen molar-refractivity contribution in [3.05, 3.63) is 88.7 Å². The van der Waals surface area contributed by atoms with Crippen molar-refractivity contribution in [2.24, 2.45) is 0 Å². The number of carbonyl (C=O) groups excluding carboxylic acids is 2. The summed E-state index contributed by atoms with van der Waals surface area (Å²) in [6.45, 7) is 9.51. The summed E-state index contributed by atoms with van der Waals surface area (Å²) < 4.78 is 11.7. The van der Waals surface area contributed by atoms with Gasteiger partial charge in [-0.2, -0.15) is 0 Å². The van der Waals surface area contributed by atoms with Crippen LogP contribution in [0.2, 0.25) is 0 Å². The number of aryl methyl sites for hydroxylation is 3. The predicted molar refractivity (Wildman–Crippen MR) is 141 cm³/mol. The zero-order chi connectivity index (χ0) is 25.3. The largest absolute Gasteiger partial charge is 0.496 e.